The molecular formula is C27H27N5O3. The summed E-state index contributed by atoms with van der Waals surface area (Å²) in [4.78, 5) is 40.5. The van der Waals surface area contributed by atoms with E-state index in [-0.39, 0.29) is 11.8 Å². The van der Waals surface area contributed by atoms with Crippen molar-refractivity contribution >= 4 is 46.1 Å². The molecule has 3 aromatic carbocycles. The van der Waals surface area contributed by atoms with E-state index in [9.17, 15) is 14.4 Å². The van der Waals surface area contributed by atoms with E-state index in [1.165, 1.54) is 0 Å². The Bertz CT molecular complexity index is 1310. The molecule has 3 amide bonds. The highest BCUT2D eigenvalue weighted by molar-refractivity contribution is 6.37. The first-order valence-corrected chi connectivity index (χ1v) is 11.1. The van der Waals surface area contributed by atoms with Gasteiger partial charge in [-0.25, -0.2) is 0 Å². The molecule has 1 heterocycles. The predicted molar refractivity (Wildman–Crippen MR) is 139 cm³/mol. The van der Waals surface area contributed by atoms with Crippen molar-refractivity contribution in [3.8, 4) is 0 Å². The Kier molecular flexibility index (Phi) is 6.66. The molecule has 0 saturated carbocycles. The number of nitrogens with one attached hydrogen (secondary N) is 2. The summed E-state index contributed by atoms with van der Waals surface area (Å²) in [6.45, 7) is 0.312. The number of nitrogens with zero attached hydrogens (tertiary/aromatic N) is 2. The maximum atomic E-state index is 13.1. The second-order valence-electron chi connectivity index (χ2n) is 8.56. The zero-order chi connectivity index (χ0) is 25.1. The van der Waals surface area contributed by atoms with Gasteiger partial charge in [-0.2, -0.15) is 0 Å². The average Bonchev–Trinajstić information content (AvgIpc) is 3.17. The highest BCUT2D eigenvalue weighted by atomic mass is 16.2. The molecule has 4 rings (SSSR count). The minimum atomic E-state index is -0.560. The van der Waals surface area contributed by atoms with Crippen LogP contribution in [0.3, 0.4) is 0 Å². The van der Waals surface area contributed by atoms with Crippen molar-refractivity contribution in [2.24, 2.45) is 5.73 Å². The number of hydrogen-bond acceptors (Lipinski definition) is 5. The Balaban J connectivity index is 1.71. The lowest BCUT2D eigenvalue weighted by atomic mass is 9.99. The Morgan fingerprint density at radius 3 is 2.23 bits per heavy atom. The molecule has 0 unspecified atom stereocenters. The van der Waals surface area contributed by atoms with Crippen LogP contribution in [0.15, 0.2) is 72.8 Å². The Morgan fingerprint density at radius 2 is 1.60 bits per heavy atom. The van der Waals surface area contributed by atoms with Crippen LogP contribution in [-0.4, -0.2) is 50.3 Å². The number of benzene rings is 3. The van der Waals surface area contributed by atoms with Crippen LogP contribution in [0.4, 0.5) is 17.1 Å². The fourth-order valence-electron chi connectivity index (χ4n) is 3.89. The third-order valence-corrected chi connectivity index (χ3v) is 5.71. The fourth-order valence-corrected chi connectivity index (χ4v) is 3.89. The van der Waals surface area contributed by atoms with Crippen molar-refractivity contribution in [1.29, 1.82) is 0 Å². The van der Waals surface area contributed by atoms with Crippen molar-refractivity contribution in [2.45, 2.75) is 0 Å². The van der Waals surface area contributed by atoms with Crippen LogP contribution in [0.1, 0.15) is 21.5 Å². The lowest BCUT2D eigenvalue weighted by Crippen LogP contribution is -2.34. The third kappa shape index (κ3) is 5.07. The van der Waals surface area contributed by atoms with Gasteiger partial charge < -0.3 is 26.2 Å². The molecule has 0 bridgehead atoms. The minimum Gasteiger partial charge on any atom is -0.366 e. The van der Waals surface area contributed by atoms with E-state index in [1.54, 1.807) is 30.1 Å². The molecule has 0 radical (unpaired) electrons. The number of hydrogen-bond donors (Lipinski definition) is 3. The van der Waals surface area contributed by atoms with Gasteiger partial charge in [0.1, 0.15) is 0 Å². The van der Waals surface area contributed by atoms with Crippen LogP contribution in [0, 0.1) is 0 Å². The van der Waals surface area contributed by atoms with Gasteiger partial charge >= 0.3 is 0 Å². The first-order chi connectivity index (χ1) is 16.7. The number of rotatable bonds is 7. The molecule has 0 aliphatic carbocycles. The van der Waals surface area contributed by atoms with E-state index < -0.39 is 5.91 Å². The number of carbonyl (C=O) groups is 3. The van der Waals surface area contributed by atoms with Gasteiger partial charge in [-0.15, -0.1) is 0 Å². The first kappa shape index (κ1) is 23.7. The largest absolute Gasteiger partial charge is 0.366 e. The predicted octanol–water partition coefficient (Wildman–Crippen LogP) is 3.24. The first-order valence-electron chi connectivity index (χ1n) is 11.1. The maximum absolute atomic E-state index is 13.1. The van der Waals surface area contributed by atoms with Crippen molar-refractivity contribution in [1.82, 2.24) is 4.90 Å². The van der Waals surface area contributed by atoms with Crippen molar-refractivity contribution < 1.29 is 14.4 Å². The molecule has 35 heavy (non-hydrogen) atoms. The quantitative estimate of drug-likeness (QED) is 0.461. The number of likely N-dealkylation sites (N-methyl/N-ethyl adjacent to an activating group) is 2. The van der Waals surface area contributed by atoms with E-state index >= 15 is 0 Å². The van der Waals surface area contributed by atoms with E-state index in [2.05, 4.69) is 10.6 Å². The summed E-state index contributed by atoms with van der Waals surface area (Å²) in [5.74, 6) is -0.856. The van der Waals surface area contributed by atoms with Gasteiger partial charge in [0.2, 0.25) is 11.8 Å². The summed E-state index contributed by atoms with van der Waals surface area (Å²) in [7, 11) is 5.44. The Labute approximate surface area is 204 Å². The average molecular weight is 470 g/mol. The summed E-state index contributed by atoms with van der Waals surface area (Å²) in [6, 6.07) is 21.9. The summed E-state index contributed by atoms with van der Waals surface area (Å²) < 4.78 is 0. The molecule has 1 aliphatic heterocycles. The second-order valence-corrected chi connectivity index (χ2v) is 8.56. The minimum absolute atomic E-state index is 0.0163. The van der Waals surface area contributed by atoms with Gasteiger partial charge in [-0.05, 0) is 56.1 Å². The molecule has 3 aromatic rings. The highest BCUT2D eigenvalue weighted by Crippen LogP contribution is 2.38. The van der Waals surface area contributed by atoms with Gasteiger partial charge in [0, 0.05) is 35.2 Å². The number of amides is 3. The molecule has 0 fully saturated rings. The van der Waals surface area contributed by atoms with E-state index in [0.29, 0.717) is 34.6 Å². The topological polar surface area (TPSA) is 108 Å². The second kappa shape index (κ2) is 9.82. The van der Waals surface area contributed by atoms with E-state index in [4.69, 9.17) is 5.73 Å². The van der Waals surface area contributed by atoms with E-state index in [0.717, 1.165) is 16.9 Å². The Hall–Kier alpha value is -4.43. The summed E-state index contributed by atoms with van der Waals surface area (Å²) in [6.07, 6.45) is 0. The molecule has 1 aliphatic rings. The number of anilines is 3. The third-order valence-electron chi connectivity index (χ3n) is 5.71. The van der Waals surface area contributed by atoms with Crippen LogP contribution >= 0.6 is 0 Å². The van der Waals surface area contributed by atoms with Crippen LogP contribution in [0.5, 0.6) is 0 Å². The standard InChI is InChI=1S/C27H27N5O3/c1-31(2)16-23(33)32(3)20-12-10-19(11-13-20)29-25(17-7-5-4-6-8-17)24-21-14-9-18(26(28)34)15-22(21)30-27(24)35/h4-15,29H,16H2,1-3H3,(H2,28,34)(H,30,35)/b25-24-. The number of carbonyl (C=O) groups excluding carboxylic acids is 3. The van der Waals surface area contributed by atoms with Crippen molar-refractivity contribution in [3.05, 3.63) is 89.5 Å². The molecular weight excluding hydrogens is 442 g/mol. The maximum Gasteiger partial charge on any atom is 0.258 e. The summed E-state index contributed by atoms with van der Waals surface area (Å²) in [5.41, 5.74) is 10.4. The van der Waals surface area contributed by atoms with Crippen LogP contribution < -0.4 is 21.3 Å². The molecule has 0 spiro atoms. The Morgan fingerprint density at radius 1 is 0.914 bits per heavy atom. The number of fused-ring (bicyclic) bond motifs is 1. The zero-order valence-electron chi connectivity index (χ0n) is 19.8. The molecule has 0 saturated heterocycles. The number of primary amides is 1. The monoisotopic (exact) mass is 469 g/mol. The van der Waals surface area contributed by atoms with Gasteiger partial charge in [0.05, 0.1) is 17.8 Å². The van der Waals surface area contributed by atoms with Crippen molar-refractivity contribution in [2.75, 3.05) is 43.2 Å². The van der Waals surface area contributed by atoms with Crippen molar-refractivity contribution in [3.63, 3.8) is 0 Å². The summed E-state index contributed by atoms with van der Waals surface area (Å²) >= 11 is 0. The highest BCUT2D eigenvalue weighted by Gasteiger charge is 2.29. The normalized spacial score (nSPS) is 13.8. The number of nitrogens with two attached hydrogens (primary N) is 1. The SMILES string of the molecule is CN(C)CC(=O)N(C)c1ccc(N/C(=C2\C(=O)Nc3cc(C(N)=O)ccc32)c2ccccc2)cc1. The lowest BCUT2D eigenvalue weighted by molar-refractivity contribution is -0.119. The van der Waals surface area contributed by atoms with E-state index in [1.807, 2.05) is 73.6 Å². The van der Waals surface area contributed by atoms with Crippen LogP contribution in [0.2, 0.25) is 0 Å². The molecule has 178 valence electrons. The van der Waals surface area contributed by atoms with Gasteiger partial charge in [0.25, 0.3) is 5.91 Å². The summed E-state index contributed by atoms with van der Waals surface area (Å²) in [5, 5.41) is 6.23. The van der Waals surface area contributed by atoms with Gasteiger partial charge in [-0.3, -0.25) is 14.4 Å². The molecule has 8 nitrogen and oxygen atoms in total. The van der Waals surface area contributed by atoms with Crippen LogP contribution in [-0.2, 0) is 9.59 Å². The molecule has 0 atom stereocenters. The fraction of sp³-hybridized carbons (Fsp3) is 0.148. The molecule has 0 aromatic heterocycles. The van der Waals surface area contributed by atoms with Gasteiger partial charge in [-0.1, -0.05) is 36.4 Å². The van der Waals surface area contributed by atoms with Crippen LogP contribution in [0.25, 0.3) is 11.3 Å². The smallest absolute Gasteiger partial charge is 0.258 e. The molecule has 4 N–H and O–H groups in total. The van der Waals surface area contributed by atoms with Gasteiger partial charge in [0.15, 0.2) is 0 Å². The molecule has 8 heteroatoms. The lowest BCUT2D eigenvalue weighted by Gasteiger charge is -2.20. The zero-order valence-corrected chi connectivity index (χ0v) is 19.8.